The molecular weight excluding hydrogens is 534 g/mol. The zero-order valence-electron chi connectivity index (χ0n) is 20.8. The number of imidazole rings is 1. The number of carbonyl (C=O) groups excluding carboxylic acids is 1. The third kappa shape index (κ3) is 5.59. The minimum atomic E-state index is -3.80. The number of piperazine rings is 1. The molecule has 0 spiro atoms. The van der Waals surface area contributed by atoms with Crippen molar-refractivity contribution >= 4 is 37.6 Å². The Morgan fingerprint density at radius 2 is 1.74 bits per heavy atom. The number of hydrogen-bond donors (Lipinski definition) is 1. The van der Waals surface area contributed by atoms with Crippen molar-refractivity contribution in [2.45, 2.75) is 11.8 Å². The first-order chi connectivity index (χ1) is 17.9. The molecule has 0 radical (unpaired) electrons. The van der Waals surface area contributed by atoms with Crippen LogP contribution in [0.4, 0.5) is 11.6 Å². The minimum Gasteiger partial charge on any atom is -0.338 e. The van der Waals surface area contributed by atoms with Gasteiger partial charge in [-0.3, -0.25) is 4.79 Å². The molecule has 1 amide bonds. The summed E-state index contributed by atoms with van der Waals surface area (Å²) in [5.41, 5.74) is 1.20. The van der Waals surface area contributed by atoms with Crippen LogP contribution in [-0.4, -0.2) is 86.2 Å². The molecule has 0 atom stereocenters. The summed E-state index contributed by atoms with van der Waals surface area (Å²) in [4.78, 5) is 27.0. The first-order valence-corrected chi connectivity index (χ1v) is 14.6. The van der Waals surface area contributed by atoms with Gasteiger partial charge in [0.25, 0.3) is 5.91 Å². The molecule has 1 aliphatic heterocycles. The summed E-state index contributed by atoms with van der Waals surface area (Å²) in [6.45, 7) is 2.89. The van der Waals surface area contributed by atoms with Crippen LogP contribution in [0.2, 0.25) is 0 Å². The summed E-state index contributed by atoms with van der Waals surface area (Å²) in [6, 6.07) is 9.26. The number of nitrogens with zero attached hydrogens (tertiary/aromatic N) is 8. The number of aromatic nitrogens is 4. The van der Waals surface area contributed by atoms with Gasteiger partial charge in [-0.1, -0.05) is 0 Å². The highest BCUT2D eigenvalue weighted by molar-refractivity contribution is 7.91. The lowest BCUT2D eigenvalue weighted by Crippen LogP contribution is -2.49. The van der Waals surface area contributed by atoms with Gasteiger partial charge in [-0.25, -0.2) is 40.9 Å². The van der Waals surface area contributed by atoms with E-state index in [1.807, 2.05) is 11.0 Å². The molecule has 0 unspecified atom stereocenters. The average molecular weight is 560 g/mol. The number of benzene rings is 1. The summed E-state index contributed by atoms with van der Waals surface area (Å²) >= 11 is 0. The second kappa shape index (κ2) is 10.4. The van der Waals surface area contributed by atoms with Crippen molar-refractivity contribution in [3.05, 3.63) is 59.9 Å². The van der Waals surface area contributed by atoms with Gasteiger partial charge < -0.3 is 10.2 Å². The number of rotatable bonds is 7. The fourth-order valence-corrected chi connectivity index (χ4v) is 5.64. The van der Waals surface area contributed by atoms with E-state index in [0.29, 0.717) is 30.4 Å². The van der Waals surface area contributed by atoms with E-state index in [1.165, 1.54) is 48.1 Å². The summed E-state index contributed by atoms with van der Waals surface area (Å²) in [7, 11) is -6.15. The minimum absolute atomic E-state index is 0.0213. The summed E-state index contributed by atoms with van der Waals surface area (Å²) in [5.74, 6) is -0.231. The Labute approximate surface area is 220 Å². The molecule has 1 N–H and O–H groups in total. The van der Waals surface area contributed by atoms with E-state index in [1.54, 1.807) is 13.0 Å². The lowest BCUT2D eigenvalue weighted by molar-refractivity contribution is 0.101. The first kappa shape index (κ1) is 27.0. The second-order valence-electron chi connectivity index (χ2n) is 8.50. The van der Waals surface area contributed by atoms with Crippen molar-refractivity contribution < 1.29 is 21.6 Å². The van der Waals surface area contributed by atoms with Gasteiger partial charge in [0.05, 0.1) is 17.3 Å². The van der Waals surface area contributed by atoms with Crippen LogP contribution in [0.5, 0.6) is 0 Å². The van der Waals surface area contributed by atoms with Crippen molar-refractivity contribution in [3.63, 3.8) is 0 Å². The van der Waals surface area contributed by atoms with Crippen molar-refractivity contribution in [3.8, 4) is 6.07 Å². The molecule has 1 aliphatic rings. The summed E-state index contributed by atoms with van der Waals surface area (Å²) in [5, 5.41) is 11.8. The Bertz CT molecular complexity index is 1610. The van der Waals surface area contributed by atoms with Gasteiger partial charge in [0.15, 0.2) is 0 Å². The van der Waals surface area contributed by atoms with Crippen molar-refractivity contribution in [2.75, 3.05) is 54.1 Å². The highest BCUT2D eigenvalue weighted by Crippen LogP contribution is 2.22. The molecule has 0 bridgehead atoms. The molecule has 4 rings (SSSR count). The second-order valence-corrected chi connectivity index (χ2v) is 12.4. The van der Waals surface area contributed by atoms with Crippen LogP contribution < -0.4 is 14.6 Å². The van der Waals surface area contributed by atoms with Crippen molar-refractivity contribution in [1.82, 2.24) is 23.9 Å². The van der Waals surface area contributed by atoms with E-state index in [2.05, 4.69) is 20.3 Å². The highest BCUT2D eigenvalue weighted by atomic mass is 32.2. The van der Waals surface area contributed by atoms with E-state index < -0.39 is 26.0 Å². The van der Waals surface area contributed by atoms with Gasteiger partial charge in [0.2, 0.25) is 26.0 Å². The number of carbonyl (C=O) groups is 1. The third-order valence-corrected chi connectivity index (χ3v) is 8.91. The van der Waals surface area contributed by atoms with E-state index >= 15 is 0 Å². The SMILES string of the molecule is Cc1cc(C#N)nc(N2CCN(S(=O)(=O)c3ccc(NC(=O)c4cncn4N(C)S(C)(=O)=O)cc3)CC2)n1. The Morgan fingerprint density at radius 3 is 2.34 bits per heavy atom. The van der Waals surface area contributed by atoms with Crippen LogP contribution in [-0.2, 0) is 20.0 Å². The molecule has 1 fully saturated rings. The van der Waals surface area contributed by atoms with E-state index in [0.717, 1.165) is 15.3 Å². The summed E-state index contributed by atoms with van der Waals surface area (Å²) < 4.78 is 53.3. The van der Waals surface area contributed by atoms with Gasteiger partial charge in [0.1, 0.15) is 23.8 Å². The topological polar surface area (TPSA) is 174 Å². The molecule has 16 heteroatoms. The molecule has 14 nitrogen and oxygen atoms in total. The molecule has 1 aromatic carbocycles. The number of nitriles is 1. The Hall–Kier alpha value is -4.07. The van der Waals surface area contributed by atoms with Gasteiger partial charge in [-0.05, 0) is 37.3 Å². The van der Waals surface area contributed by atoms with Crippen molar-refractivity contribution in [2.24, 2.45) is 0 Å². The maximum Gasteiger partial charge on any atom is 0.275 e. The maximum absolute atomic E-state index is 13.2. The Kier molecular flexibility index (Phi) is 7.35. The van der Waals surface area contributed by atoms with Gasteiger partial charge >= 0.3 is 0 Å². The Balaban J connectivity index is 1.42. The smallest absolute Gasteiger partial charge is 0.275 e. The highest BCUT2D eigenvalue weighted by Gasteiger charge is 2.29. The lowest BCUT2D eigenvalue weighted by atomic mass is 10.3. The predicted molar refractivity (Wildman–Crippen MR) is 138 cm³/mol. The van der Waals surface area contributed by atoms with Gasteiger partial charge in [0, 0.05) is 44.6 Å². The van der Waals surface area contributed by atoms with E-state index in [-0.39, 0.29) is 29.4 Å². The van der Waals surface area contributed by atoms with Crippen LogP contribution in [0.3, 0.4) is 0 Å². The third-order valence-electron chi connectivity index (χ3n) is 5.86. The quantitative estimate of drug-likeness (QED) is 0.419. The normalized spacial score (nSPS) is 14.6. The molecule has 200 valence electrons. The number of sulfonamides is 2. The monoisotopic (exact) mass is 559 g/mol. The largest absolute Gasteiger partial charge is 0.338 e. The van der Waals surface area contributed by atoms with Gasteiger partial charge in [-0.15, -0.1) is 0 Å². The van der Waals surface area contributed by atoms with Crippen molar-refractivity contribution in [1.29, 1.82) is 5.26 Å². The fourth-order valence-electron chi connectivity index (χ4n) is 3.77. The Morgan fingerprint density at radius 1 is 1.08 bits per heavy atom. The number of anilines is 2. The lowest BCUT2D eigenvalue weighted by Gasteiger charge is -2.34. The zero-order chi connectivity index (χ0) is 27.7. The molecule has 0 saturated carbocycles. The molecule has 0 aliphatic carbocycles. The van der Waals surface area contributed by atoms with Crippen LogP contribution >= 0.6 is 0 Å². The molecule has 3 aromatic rings. The van der Waals surface area contributed by atoms with E-state index in [4.69, 9.17) is 5.26 Å². The first-order valence-electron chi connectivity index (χ1n) is 11.3. The number of amides is 1. The number of aryl methyl sites for hydroxylation is 1. The zero-order valence-corrected chi connectivity index (χ0v) is 22.4. The average Bonchev–Trinajstić information content (AvgIpc) is 3.37. The fraction of sp³-hybridized carbons (Fsp3) is 0.318. The maximum atomic E-state index is 13.2. The van der Waals surface area contributed by atoms with Crippen LogP contribution in [0.25, 0.3) is 0 Å². The van der Waals surface area contributed by atoms with Crippen LogP contribution in [0.1, 0.15) is 21.9 Å². The predicted octanol–water partition coefficient (Wildman–Crippen LogP) is 0.144. The standard InChI is InChI=1S/C22H25N9O5S2/c1-16-12-18(13-23)27-22(25-16)29-8-10-30(11-9-29)38(35,36)19-6-4-17(5-7-19)26-21(32)20-14-24-15-31(20)28(2)37(3,33)34/h4-7,12,14-15H,8-11H2,1-3H3,(H,26,32). The van der Waals surface area contributed by atoms with Gasteiger partial charge in [-0.2, -0.15) is 9.57 Å². The molecule has 38 heavy (non-hydrogen) atoms. The van der Waals surface area contributed by atoms with E-state index in [9.17, 15) is 21.6 Å². The summed E-state index contributed by atoms with van der Waals surface area (Å²) in [6.07, 6.45) is 3.41. The van der Waals surface area contributed by atoms with Crippen LogP contribution in [0, 0.1) is 18.3 Å². The number of hydrogen-bond acceptors (Lipinski definition) is 10. The van der Waals surface area contributed by atoms with Crippen LogP contribution in [0.15, 0.2) is 47.8 Å². The molecule has 2 aromatic heterocycles. The molecule has 1 saturated heterocycles. The number of nitrogens with one attached hydrogen (secondary N) is 1. The molecular formula is C22H25N9O5S2. The molecule has 3 heterocycles.